The largest absolute Gasteiger partial charge is 0.395 e. The van der Waals surface area contributed by atoms with Crippen molar-refractivity contribution in [3.63, 3.8) is 0 Å². The molecule has 2 atom stereocenters. The summed E-state index contributed by atoms with van der Waals surface area (Å²) in [4.78, 5) is 14.6. The van der Waals surface area contributed by atoms with E-state index >= 15 is 0 Å². The minimum absolute atomic E-state index is 0.0620. The third kappa shape index (κ3) is 3.78. The van der Waals surface area contributed by atoms with Crippen molar-refractivity contribution in [2.24, 2.45) is 0 Å². The van der Waals surface area contributed by atoms with Crippen LogP contribution in [0.1, 0.15) is 16.8 Å². The standard InChI is InChI=1S/C20H22N6O2/c1-26-11-17(10-18(26)12-27)21-20(28)16-8-4-14(5-9-16)13-2-6-15(7-3-13)19-22-24-25-23-19/h2-9,17-18,27H,10-12H2,1H3,(H,21,28)(H,22,23,24,25)/t17-,18+/m1/s1. The molecule has 2 heterocycles. The van der Waals surface area contributed by atoms with Gasteiger partial charge in [-0.15, -0.1) is 10.2 Å². The van der Waals surface area contributed by atoms with Gasteiger partial charge in [-0.05, 0) is 41.9 Å². The lowest BCUT2D eigenvalue weighted by Crippen LogP contribution is -2.36. The zero-order valence-corrected chi connectivity index (χ0v) is 15.5. The van der Waals surface area contributed by atoms with Gasteiger partial charge in [-0.1, -0.05) is 36.4 Å². The van der Waals surface area contributed by atoms with Crippen molar-refractivity contribution in [2.45, 2.75) is 18.5 Å². The molecule has 28 heavy (non-hydrogen) atoms. The van der Waals surface area contributed by atoms with Crippen molar-refractivity contribution in [2.75, 3.05) is 20.2 Å². The van der Waals surface area contributed by atoms with Gasteiger partial charge in [0.1, 0.15) is 0 Å². The summed E-state index contributed by atoms with van der Waals surface area (Å²) in [5.74, 6) is 0.468. The Labute approximate surface area is 162 Å². The Morgan fingerprint density at radius 1 is 1.14 bits per heavy atom. The predicted octanol–water partition coefficient (Wildman–Crippen LogP) is 1.33. The second-order valence-electron chi connectivity index (χ2n) is 7.07. The third-order valence-corrected chi connectivity index (χ3v) is 5.20. The summed E-state index contributed by atoms with van der Waals surface area (Å²) in [6, 6.07) is 15.6. The van der Waals surface area contributed by atoms with Crippen LogP contribution in [0.15, 0.2) is 48.5 Å². The van der Waals surface area contributed by atoms with Crippen molar-refractivity contribution >= 4 is 5.91 Å². The van der Waals surface area contributed by atoms with E-state index in [1.807, 2.05) is 55.6 Å². The summed E-state index contributed by atoms with van der Waals surface area (Å²) in [5.41, 5.74) is 3.58. The highest BCUT2D eigenvalue weighted by Gasteiger charge is 2.29. The Hall–Kier alpha value is -3.10. The van der Waals surface area contributed by atoms with Crippen LogP contribution in [-0.2, 0) is 0 Å². The van der Waals surface area contributed by atoms with Crippen molar-refractivity contribution in [3.8, 4) is 22.5 Å². The van der Waals surface area contributed by atoms with Crippen LogP contribution in [0.3, 0.4) is 0 Å². The van der Waals surface area contributed by atoms with Gasteiger partial charge in [-0.3, -0.25) is 9.69 Å². The first kappa shape index (κ1) is 18.3. The lowest BCUT2D eigenvalue weighted by Gasteiger charge is -2.15. The molecule has 1 aliphatic heterocycles. The van der Waals surface area contributed by atoms with Gasteiger partial charge < -0.3 is 10.4 Å². The second kappa shape index (κ2) is 7.87. The molecule has 0 bridgehead atoms. The number of likely N-dealkylation sites (N-methyl/N-ethyl adjacent to an activating group) is 1. The van der Waals surface area contributed by atoms with Gasteiger partial charge in [0.25, 0.3) is 5.91 Å². The van der Waals surface area contributed by atoms with Crippen LogP contribution in [-0.4, -0.2) is 68.8 Å². The SMILES string of the molecule is CN1C[C@H](NC(=O)c2ccc(-c3ccc(-c4nn[nH]n4)cc3)cc2)C[C@H]1CO. The number of aromatic amines is 1. The first-order chi connectivity index (χ1) is 13.6. The van der Waals surface area contributed by atoms with Gasteiger partial charge in [-0.25, -0.2) is 0 Å². The summed E-state index contributed by atoms with van der Waals surface area (Å²) in [6.07, 6.45) is 0.767. The summed E-state index contributed by atoms with van der Waals surface area (Å²) >= 11 is 0. The van der Waals surface area contributed by atoms with Crippen LogP contribution in [0.2, 0.25) is 0 Å². The molecule has 2 aromatic carbocycles. The molecule has 0 radical (unpaired) electrons. The third-order valence-electron chi connectivity index (χ3n) is 5.20. The highest BCUT2D eigenvalue weighted by Crippen LogP contribution is 2.23. The number of tetrazole rings is 1. The van der Waals surface area contributed by atoms with Gasteiger partial charge in [-0.2, -0.15) is 5.21 Å². The number of aliphatic hydroxyl groups excluding tert-OH is 1. The molecule has 1 saturated heterocycles. The molecule has 1 aliphatic rings. The van der Waals surface area contributed by atoms with Crippen LogP contribution in [0.25, 0.3) is 22.5 Å². The second-order valence-corrected chi connectivity index (χ2v) is 7.07. The van der Waals surface area contributed by atoms with Crippen molar-refractivity contribution in [1.29, 1.82) is 0 Å². The van der Waals surface area contributed by atoms with Crippen molar-refractivity contribution < 1.29 is 9.90 Å². The number of rotatable bonds is 5. The van der Waals surface area contributed by atoms with E-state index in [9.17, 15) is 9.90 Å². The normalized spacial score (nSPS) is 19.6. The number of aromatic nitrogens is 4. The van der Waals surface area contributed by atoms with E-state index in [4.69, 9.17) is 0 Å². The summed E-state index contributed by atoms with van der Waals surface area (Å²) in [7, 11) is 1.96. The van der Waals surface area contributed by atoms with Crippen LogP contribution in [0.5, 0.6) is 0 Å². The van der Waals surface area contributed by atoms with Gasteiger partial charge in [0.15, 0.2) is 0 Å². The Morgan fingerprint density at radius 3 is 2.36 bits per heavy atom. The number of hydrogen-bond donors (Lipinski definition) is 3. The van der Waals surface area contributed by atoms with Crippen LogP contribution in [0.4, 0.5) is 0 Å². The number of benzene rings is 2. The molecule has 0 aliphatic carbocycles. The summed E-state index contributed by atoms with van der Waals surface area (Å²) < 4.78 is 0. The number of nitrogens with one attached hydrogen (secondary N) is 2. The molecule has 3 N–H and O–H groups in total. The molecule has 0 unspecified atom stereocenters. The van der Waals surface area contributed by atoms with E-state index in [0.717, 1.165) is 29.7 Å². The lowest BCUT2D eigenvalue weighted by atomic mass is 10.0. The van der Waals surface area contributed by atoms with E-state index in [1.165, 1.54) is 0 Å². The highest BCUT2D eigenvalue weighted by molar-refractivity contribution is 5.95. The highest BCUT2D eigenvalue weighted by atomic mass is 16.3. The lowest BCUT2D eigenvalue weighted by molar-refractivity contribution is 0.0938. The predicted molar refractivity (Wildman–Crippen MR) is 104 cm³/mol. The molecular formula is C20H22N6O2. The zero-order chi connectivity index (χ0) is 19.5. The Kier molecular flexibility index (Phi) is 5.14. The molecular weight excluding hydrogens is 356 g/mol. The number of carbonyl (C=O) groups excluding carboxylic acids is 1. The molecule has 0 saturated carbocycles. The molecule has 3 aromatic rings. The Balaban J connectivity index is 1.41. The van der Waals surface area contributed by atoms with E-state index in [0.29, 0.717) is 11.4 Å². The minimum Gasteiger partial charge on any atom is -0.395 e. The molecule has 1 fully saturated rings. The number of H-pyrrole nitrogens is 1. The van der Waals surface area contributed by atoms with E-state index in [2.05, 4.69) is 30.8 Å². The number of aliphatic hydroxyl groups is 1. The van der Waals surface area contributed by atoms with Crippen molar-refractivity contribution in [3.05, 3.63) is 54.1 Å². The molecule has 1 amide bonds. The van der Waals surface area contributed by atoms with Crippen molar-refractivity contribution in [1.82, 2.24) is 30.8 Å². The first-order valence-electron chi connectivity index (χ1n) is 9.20. The van der Waals surface area contributed by atoms with E-state index in [-0.39, 0.29) is 24.6 Å². The first-order valence-corrected chi connectivity index (χ1v) is 9.20. The maximum absolute atomic E-state index is 12.5. The topological polar surface area (TPSA) is 107 Å². The quantitative estimate of drug-likeness (QED) is 0.618. The molecule has 0 spiro atoms. The smallest absolute Gasteiger partial charge is 0.251 e. The number of likely N-dealkylation sites (tertiary alicyclic amines) is 1. The van der Waals surface area contributed by atoms with E-state index < -0.39 is 0 Å². The molecule has 4 rings (SSSR count). The summed E-state index contributed by atoms with van der Waals surface area (Å²) in [5, 5.41) is 26.4. The molecule has 8 nitrogen and oxygen atoms in total. The van der Waals surface area contributed by atoms with Gasteiger partial charge >= 0.3 is 0 Å². The average molecular weight is 378 g/mol. The Bertz CT molecular complexity index is 924. The Morgan fingerprint density at radius 2 is 1.79 bits per heavy atom. The fourth-order valence-electron chi connectivity index (χ4n) is 3.58. The molecule has 1 aromatic heterocycles. The molecule has 8 heteroatoms. The maximum atomic E-state index is 12.5. The minimum atomic E-state index is -0.0870. The zero-order valence-electron chi connectivity index (χ0n) is 15.5. The van der Waals surface area contributed by atoms with Crippen LogP contribution in [0, 0.1) is 0 Å². The number of hydrogen-bond acceptors (Lipinski definition) is 6. The monoisotopic (exact) mass is 378 g/mol. The summed E-state index contributed by atoms with van der Waals surface area (Å²) in [6.45, 7) is 0.866. The van der Waals surface area contributed by atoms with Gasteiger partial charge in [0, 0.05) is 29.8 Å². The molecule has 144 valence electrons. The van der Waals surface area contributed by atoms with Gasteiger partial charge in [0.05, 0.1) is 6.61 Å². The van der Waals surface area contributed by atoms with Crippen LogP contribution >= 0.6 is 0 Å². The maximum Gasteiger partial charge on any atom is 0.251 e. The number of carbonyl (C=O) groups is 1. The number of nitrogens with zero attached hydrogens (tertiary/aromatic N) is 4. The number of amides is 1. The van der Waals surface area contributed by atoms with E-state index in [1.54, 1.807) is 0 Å². The van der Waals surface area contributed by atoms with Crippen LogP contribution < -0.4 is 5.32 Å². The van der Waals surface area contributed by atoms with Gasteiger partial charge in [0.2, 0.25) is 5.82 Å². The fourth-order valence-corrected chi connectivity index (χ4v) is 3.58. The fraction of sp³-hybridized carbons (Fsp3) is 0.300. The average Bonchev–Trinajstić information content (AvgIpc) is 3.38.